The van der Waals surface area contributed by atoms with Crippen LogP contribution >= 0.6 is 0 Å². The van der Waals surface area contributed by atoms with Crippen molar-refractivity contribution in [3.05, 3.63) is 33.9 Å². The minimum absolute atomic E-state index is 0.132. The Hall–Kier alpha value is -2.11. The summed E-state index contributed by atoms with van der Waals surface area (Å²) in [5, 5.41) is 14.3. The largest absolute Gasteiger partial charge is 0.380 e. The van der Waals surface area contributed by atoms with Crippen molar-refractivity contribution in [2.24, 2.45) is 0 Å². The van der Waals surface area contributed by atoms with Gasteiger partial charge in [-0.3, -0.25) is 14.9 Å². The standard InChI is InChI=1S/C15H21N3O3/c1-4-16-12-8-5-7-11(13(12)18(20)21)14(19)17-10-6-9-15(17,2)3/h5,7-8,16H,4,6,9-10H2,1-3H3. The number of para-hydroxylation sites is 1. The average molecular weight is 291 g/mol. The summed E-state index contributed by atoms with van der Waals surface area (Å²) >= 11 is 0. The third-order valence-electron chi connectivity index (χ3n) is 3.96. The minimum atomic E-state index is -0.478. The normalized spacial score (nSPS) is 16.8. The predicted molar refractivity (Wildman–Crippen MR) is 81.6 cm³/mol. The molecule has 0 atom stereocenters. The molecule has 114 valence electrons. The zero-order valence-corrected chi connectivity index (χ0v) is 12.7. The van der Waals surface area contributed by atoms with Crippen molar-refractivity contribution in [3.8, 4) is 0 Å². The molecule has 1 amide bonds. The monoisotopic (exact) mass is 291 g/mol. The number of carbonyl (C=O) groups is 1. The molecule has 0 saturated carbocycles. The Balaban J connectivity index is 2.46. The van der Waals surface area contributed by atoms with Crippen LogP contribution in [0.3, 0.4) is 0 Å². The molecule has 0 bridgehead atoms. The fourth-order valence-corrected chi connectivity index (χ4v) is 2.88. The number of hydrogen-bond donors (Lipinski definition) is 1. The van der Waals surface area contributed by atoms with Crippen molar-refractivity contribution in [1.82, 2.24) is 4.90 Å². The fraction of sp³-hybridized carbons (Fsp3) is 0.533. The van der Waals surface area contributed by atoms with Gasteiger partial charge in [-0.15, -0.1) is 0 Å². The van der Waals surface area contributed by atoms with Gasteiger partial charge in [0.15, 0.2) is 0 Å². The highest BCUT2D eigenvalue weighted by atomic mass is 16.6. The molecule has 0 aromatic heterocycles. The Bertz CT molecular complexity index is 569. The van der Waals surface area contributed by atoms with E-state index in [0.29, 0.717) is 18.8 Å². The molecular formula is C15H21N3O3. The molecule has 1 N–H and O–H groups in total. The smallest absolute Gasteiger partial charge is 0.305 e. The van der Waals surface area contributed by atoms with E-state index in [1.165, 1.54) is 6.07 Å². The van der Waals surface area contributed by atoms with Crippen molar-refractivity contribution in [1.29, 1.82) is 0 Å². The van der Waals surface area contributed by atoms with E-state index in [4.69, 9.17) is 0 Å². The van der Waals surface area contributed by atoms with E-state index in [0.717, 1.165) is 12.8 Å². The van der Waals surface area contributed by atoms with Crippen molar-refractivity contribution < 1.29 is 9.72 Å². The molecule has 6 heteroatoms. The maximum absolute atomic E-state index is 12.7. The molecule has 0 aliphatic carbocycles. The number of likely N-dealkylation sites (tertiary alicyclic amines) is 1. The number of benzene rings is 1. The van der Waals surface area contributed by atoms with Gasteiger partial charge in [-0.25, -0.2) is 0 Å². The van der Waals surface area contributed by atoms with Crippen LogP contribution in [-0.4, -0.2) is 34.4 Å². The number of anilines is 1. The van der Waals surface area contributed by atoms with Gasteiger partial charge in [-0.05, 0) is 45.7 Å². The summed E-state index contributed by atoms with van der Waals surface area (Å²) in [6, 6.07) is 4.85. The second kappa shape index (κ2) is 5.71. The fourth-order valence-electron chi connectivity index (χ4n) is 2.88. The molecule has 1 heterocycles. The Morgan fingerprint density at radius 3 is 2.71 bits per heavy atom. The van der Waals surface area contributed by atoms with E-state index < -0.39 is 4.92 Å². The van der Waals surface area contributed by atoms with Crippen LogP contribution < -0.4 is 5.32 Å². The molecule has 0 radical (unpaired) electrons. The lowest BCUT2D eigenvalue weighted by Gasteiger charge is -2.31. The third kappa shape index (κ3) is 2.84. The van der Waals surface area contributed by atoms with E-state index >= 15 is 0 Å². The van der Waals surface area contributed by atoms with E-state index in [9.17, 15) is 14.9 Å². The number of nitro groups is 1. The van der Waals surface area contributed by atoms with Crippen LogP contribution in [0.2, 0.25) is 0 Å². The van der Waals surface area contributed by atoms with Crippen LogP contribution in [-0.2, 0) is 0 Å². The molecule has 0 spiro atoms. The first-order valence-corrected chi connectivity index (χ1v) is 7.21. The van der Waals surface area contributed by atoms with E-state index in [-0.39, 0.29) is 22.7 Å². The van der Waals surface area contributed by atoms with Gasteiger partial charge in [0.05, 0.1) is 4.92 Å². The highest BCUT2D eigenvalue weighted by Crippen LogP contribution is 2.34. The van der Waals surface area contributed by atoms with Gasteiger partial charge < -0.3 is 10.2 Å². The first-order chi connectivity index (χ1) is 9.88. The second-order valence-corrected chi connectivity index (χ2v) is 5.86. The minimum Gasteiger partial charge on any atom is -0.380 e. The van der Waals surface area contributed by atoms with Gasteiger partial charge in [0.25, 0.3) is 5.91 Å². The summed E-state index contributed by atoms with van der Waals surface area (Å²) in [5.74, 6) is -0.260. The van der Waals surface area contributed by atoms with Crippen molar-refractivity contribution in [3.63, 3.8) is 0 Å². The zero-order valence-electron chi connectivity index (χ0n) is 12.7. The molecule has 1 aliphatic rings. The Kier molecular flexibility index (Phi) is 4.16. The number of carbonyl (C=O) groups excluding carboxylic acids is 1. The van der Waals surface area contributed by atoms with E-state index in [2.05, 4.69) is 5.32 Å². The predicted octanol–water partition coefficient (Wildman–Crippen LogP) is 3.04. The summed E-state index contributed by atoms with van der Waals surface area (Å²) in [4.78, 5) is 25.4. The van der Waals surface area contributed by atoms with Gasteiger partial charge in [0.1, 0.15) is 11.3 Å². The van der Waals surface area contributed by atoms with Crippen LogP contribution in [0.25, 0.3) is 0 Å². The Morgan fingerprint density at radius 1 is 1.48 bits per heavy atom. The Morgan fingerprint density at radius 2 is 2.19 bits per heavy atom. The lowest BCUT2D eigenvalue weighted by molar-refractivity contribution is -0.384. The summed E-state index contributed by atoms with van der Waals surface area (Å²) < 4.78 is 0. The topological polar surface area (TPSA) is 75.5 Å². The molecule has 1 fully saturated rings. The highest BCUT2D eigenvalue weighted by molar-refractivity contribution is 6.01. The SMILES string of the molecule is CCNc1cccc(C(=O)N2CCCC2(C)C)c1[N+](=O)[O-]. The maximum Gasteiger partial charge on any atom is 0.305 e. The van der Waals surface area contributed by atoms with Crippen LogP contribution in [0.1, 0.15) is 44.0 Å². The van der Waals surface area contributed by atoms with Gasteiger partial charge in [0.2, 0.25) is 0 Å². The van der Waals surface area contributed by atoms with E-state index in [1.807, 2.05) is 20.8 Å². The first kappa shape index (κ1) is 15.3. The van der Waals surface area contributed by atoms with Crippen LogP contribution in [0, 0.1) is 10.1 Å². The van der Waals surface area contributed by atoms with Crippen LogP contribution in [0.4, 0.5) is 11.4 Å². The number of hydrogen-bond acceptors (Lipinski definition) is 4. The quantitative estimate of drug-likeness (QED) is 0.683. The summed E-state index contributed by atoms with van der Waals surface area (Å²) in [7, 11) is 0. The van der Waals surface area contributed by atoms with Crippen LogP contribution in [0.15, 0.2) is 18.2 Å². The molecular weight excluding hydrogens is 270 g/mol. The highest BCUT2D eigenvalue weighted by Gasteiger charge is 2.38. The molecule has 2 rings (SSSR count). The third-order valence-corrected chi connectivity index (χ3v) is 3.96. The van der Waals surface area contributed by atoms with Gasteiger partial charge >= 0.3 is 5.69 Å². The summed E-state index contributed by atoms with van der Waals surface area (Å²) in [6.45, 7) is 7.07. The van der Waals surface area contributed by atoms with Gasteiger partial charge in [-0.1, -0.05) is 6.07 Å². The number of nitro benzene ring substituents is 1. The first-order valence-electron chi connectivity index (χ1n) is 7.21. The van der Waals surface area contributed by atoms with Crippen LogP contribution in [0.5, 0.6) is 0 Å². The number of nitrogens with one attached hydrogen (secondary N) is 1. The number of rotatable bonds is 4. The molecule has 21 heavy (non-hydrogen) atoms. The molecule has 1 saturated heterocycles. The lowest BCUT2D eigenvalue weighted by Crippen LogP contribution is -2.42. The van der Waals surface area contributed by atoms with Crippen molar-refractivity contribution in [2.75, 3.05) is 18.4 Å². The summed E-state index contributed by atoms with van der Waals surface area (Å²) in [5.41, 5.74) is 0.171. The molecule has 1 aromatic rings. The second-order valence-electron chi connectivity index (χ2n) is 5.86. The van der Waals surface area contributed by atoms with Crippen molar-refractivity contribution >= 4 is 17.3 Å². The lowest BCUT2D eigenvalue weighted by atomic mass is 10.0. The Labute approximate surface area is 124 Å². The van der Waals surface area contributed by atoms with Gasteiger partial charge in [-0.2, -0.15) is 0 Å². The maximum atomic E-state index is 12.7. The average Bonchev–Trinajstić information content (AvgIpc) is 2.77. The number of amides is 1. The molecule has 0 unspecified atom stereocenters. The molecule has 1 aliphatic heterocycles. The number of nitrogens with zero attached hydrogens (tertiary/aromatic N) is 2. The zero-order chi connectivity index (χ0) is 15.6. The van der Waals surface area contributed by atoms with Crippen molar-refractivity contribution in [2.45, 2.75) is 39.2 Å². The van der Waals surface area contributed by atoms with Gasteiger partial charge in [0, 0.05) is 18.6 Å². The molecule has 1 aromatic carbocycles. The molecule has 6 nitrogen and oxygen atoms in total. The van der Waals surface area contributed by atoms with E-state index in [1.54, 1.807) is 17.0 Å². The summed E-state index contributed by atoms with van der Waals surface area (Å²) in [6.07, 6.45) is 1.85.